The molecule has 0 spiro atoms. The SMILES string of the molecule is O=C(Nc1c(Br)cccc1Br)c1cc(Cl)ccn1. The number of nitrogens with zero attached hydrogens (tertiary/aromatic N) is 1. The monoisotopic (exact) mass is 388 g/mol. The first-order chi connectivity index (χ1) is 8.58. The molecule has 18 heavy (non-hydrogen) atoms. The van der Waals surface area contributed by atoms with Crippen LogP contribution in [0.15, 0.2) is 45.5 Å². The zero-order valence-electron chi connectivity index (χ0n) is 8.95. The van der Waals surface area contributed by atoms with E-state index < -0.39 is 0 Å². The highest BCUT2D eigenvalue weighted by Gasteiger charge is 2.12. The fourth-order valence-corrected chi connectivity index (χ4v) is 2.68. The largest absolute Gasteiger partial charge is 0.319 e. The maximum atomic E-state index is 12.0. The van der Waals surface area contributed by atoms with Crippen LogP contribution in [0, 0.1) is 0 Å². The Labute approximate surface area is 126 Å². The number of para-hydroxylation sites is 1. The Kier molecular flexibility index (Phi) is 4.37. The highest BCUT2D eigenvalue weighted by Crippen LogP contribution is 2.30. The molecule has 0 unspecified atom stereocenters. The van der Waals surface area contributed by atoms with Gasteiger partial charge in [0.05, 0.1) is 5.69 Å². The van der Waals surface area contributed by atoms with Crippen molar-refractivity contribution in [2.24, 2.45) is 0 Å². The van der Waals surface area contributed by atoms with Crippen LogP contribution in [0.4, 0.5) is 5.69 Å². The minimum atomic E-state index is -0.315. The number of anilines is 1. The molecule has 3 nitrogen and oxygen atoms in total. The summed E-state index contributed by atoms with van der Waals surface area (Å²) in [6.07, 6.45) is 1.49. The molecule has 1 amide bonds. The van der Waals surface area contributed by atoms with E-state index in [-0.39, 0.29) is 11.6 Å². The Bertz CT molecular complexity index is 584. The van der Waals surface area contributed by atoms with Gasteiger partial charge in [-0.05, 0) is 56.1 Å². The van der Waals surface area contributed by atoms with Gasteiger partial charge in [0, 0.05) is 20.2 Å². The number of amides is 1. The fraction of sp³-hybridized carbons (Fsp3) is 0. The summed E-state index contributed by atoms with van der Waals surface area (Å²) >= 11 is 12.6. The summed E-state index contributed by atoms with van der Waals surface area (Å²) in [6, 6.07) is 8.67. The lowest BCUT2D eigenvalue weighted by atomic mass is 10.3. The summed E-state index contributed by atoms with van der Waals surface area (Å²) in [5.74, 6) is -0.315. The zero-order valence-corrected chi connectivity index (χ0v) is 12.9. The first-order valence-electron chi connectivity index (χ1n) is 4.95. The molecule has 0 aliphatic carbocycles. The van der Waals surface area contributed by atoms with E-state index in [1.807, 2.05) is 18.2 Å². The second-order valence-electron chi connectivity index (χ2n) is 3.41. The van der Waals surface area contributed by atoms with Crippen LogP contribution in [0.2, 0.25) is 5.02 Å². The molecule has 92 valence electrons. The van der Waals surface area contributed by atoms with E-state index in [1.165, 1.54) is 12.3 Å². The first kappa shape index (κ1) is 13.5. The van der Waals surface area contributed by atoms with Crippen LogP contribution in [0.5, 0.6) is 0 Å². The average Bonchev–Trinajstić information content (AvgIpc) is 2.34. The maximum Gasteiger partial charge on any atom is 0.274 e. The van der Waals surface area contributed by atoms with Crippen LogP contribution in [0.1, 0.15) is 10.5 Å². The molecule has 0 saturated carbocycles. The summed E-state index contributed by atoms with van der Waals surface area (Å²) in [5, 5.41) is 3.24. The Balaban J connectivity index is 2.27. The number of carbonyl (C=O) groups excluding carboxylic acids is 1. The van der Waals surface area contributed by atoms with Crippen LogP contribution in [0.3, 0.4) is 0 Å². The first-order valence-corrected chi connectivity index (χ1v) is 6.91. The summed E-state index contributed by atoms with van der Waals surface area (Å²) in [7, 11) is 0. The number of hydrogen-bond acceptors (Lipinski definition) is 2. The van der Waals surface area contributed by atoms with Crippen LogP contribution in [0.25, 0.3) is 0 Å². The van der Waals surface area contributed by atoms with Gasteiger partial charge in [-0.1, -0.05) is 17.7 Å². The number of nitrogens with one attached hydrogen (secondary N) is 1. The van der Waals surface area contributed by atoms with Crippen LogP contribution >= 0.6 is 43.5 Å². The average molecular weight is 390 g/mol. The van der Waals surface area contributed by atoms with Gasteiger partial charge in [-0.15, -0.1) is 0 Å². The van der Waals surface area contributed by atoms with E-state index in [9.17, 15) is 4.79 Å². The molecule has 0 bridgehead atoms. The van der Waals surface area contributed by atoms with E-state index in [0.717, 1.165) is 8.95 Å². The molecule has 0 fully saturated rings. The van der Waals surface area contributed by atoms with Crippen molar-refractivity contribution in [2.45, 2.75) is 0 Å². The summed E-state index contributed by atoms with van der Waals surface area (Å²) in [4.78, 5) is 16.0. The molecule has 0 aliphatic heterocycles. The van der Waals surface area contributed by atoms with Gasteiger partial charge in [0.25, 0.3) is 5.91 Å². The zero-order chi connectivity index (χ0) is 13.1. The van der Waals surface area contributed by atoms with Gasteiger partial charge in [0.2, 0.25) is 0 Å². The molecule has 0 radical (unpaired) electrons. The Morgan fingerprint density at radius 1 is 1.22 bits per heavy atom. The maximum absolute atomic E-state index is 12.0. The molecule has 1 heterocycles. The minimum Gasteiger partial charge on any atom is -0.319 e. The van der Waals surface area contributed by atoms with E-state index in [1.54, 1.807) is 6.07 Å². The number of rotatable bonds is 2. The number of hydrogen-bond donors (Lipinski definition) is 1. The molecule has 1 aromatic carbocycles. The summed E-state index contributed by atoms with van der Waals surface area (Å²) in [5.41, 5.74) is 0.925. The molecular formula is C12H7Br2ClN2O. The van der Waals surface area contributed by atoms with E-state index >= 15 is 0 Å². The number of benzene rings is 1. The van der Waals surface area contributed by atoms with Crippen molar-refractivity contribution < 1.29 is 4.79 Å². The Hall–Kier alpha value is -0.910. The smallest absolute Gasteiger partial charge is 0.274 e. The van der Waals surface area contributed by atoms with Gasteiger partial charge in [-0.2, -0.15) is 0 Å². The summed E-state index contributed by atoms with van der Waals surface area (Å²) in [6.45, 7) is 0. The third-order valence-electron chi connectivity index (χ3n) is 2.16. The number of halogens is 3. The van der Waals surface area contributed by atoms with Crippen molar-refractivity contribution in [3.63, 3.8) is 0 Å². The van der Waals surface area contributed by atoms with E-state index in [2.05, 4.69) is 42.2 Å². The highest BCUT2D eigenvalue weighted by molar-refractivity contribution is 9.11. The second kappa shape index (κ2) is 5.82. The van der Waals surface area contributed by atoms with Gasteiger partial charge in [0.1, 0.15) is 5.69 Å². The number of carbonyl (C=O) groups is 1. The standard InChI is InChI=1S/C12H7Br2ClN2O/c13-8-2-1-3-9(14)11(8)17-12(18)10-6-7(15)4-5-16-10/h1-6H,(H,17,18). The van der Waals surface area contributed by atoms with Gasteiger partial charge < -0.3 is 5.32 Å². The van der Waals surface area contributed by atoms with Crippen LogP contribution < -0.4 is 5.32 Å². The predicted octanol–water partition coefficient (Wildman–Crippen LogP) is 4.51. The lowest BCUT2D eigenvalue weighted by Crippen LogP contribution is -2.14. The molecule has 1 N–H and O–H groups in total. The Morgan fingerprint density at radius 2 is 1.89 bits per heavy atom. The van der Waals surface area contributed by atoms with Gasteiger partial charge in [-0.25, -0.2) is 0 Å². The van der Waals surface area contributed by atoms with Gasteiger partial charge in [-0.3, -0.25) is 9.78 Å². The molecule has 0 saturated heterocycles. The Morgan fingerprint density at radius 3 is 2.50 bits per heavy atom. The minimum absolute atomic E-state index is 0.269. The predicted molar refractivity (Wildman–Crippen MR) is 79.0 cm³/mol. The van der Waals surface area contributed by atoms with Crippen molar-refractivity contribution in [1.29, 1.82) is 0 Å². The van der Waals surface area contributed by atoms with Crippen molar-refractivity contribution in [2.75, 3.05) is 5.32 Å². The number of pyridine rings is 1. The van der Waals surface area contributed by atoms with Crippen molar-refractivity contribution in [1.82, 2.24) is 4.98 Å². The fourth-order valence-electron chi connectivity index (χ4n) is 1.32. The van der Waals surface area contributed by atoms with Crippen molar-refractivity contribution in [3.8, 4) is 0 Å². The molecule has 6 heteroatoms. The van der Waals surface area contributed by atoms with Gasteiger partial charge >= 0.3 is 0 Å². The second-order valence-corrected chi connectivity index (χ2v) is 5.56. The van der Waals surface area contributed by atoms with Crippen molar-refractivity contribution >= 4 is 55.1 Å². The van der Waals surface area contributed by atoms with E-state index in [0.29, 0.717) is 10.7 Å². The third-order valence-corrected chi connectivity index (χ3v) is 3.71. The lowest BCUT2D eigenvalue weighted by molar-refractivity contribution is 0.102. The summed E-state index contributed by atoms with van der Waals surface area (Å²) < 4.78 is 1.57. The molecule has 0 atom stereocenters. The number of aromatic nitrogens is 1. The van der Waals surface area contributed by atoms with E-state index in [4.69, 9.17) is 11.6 Å². The molecular weight excluding hydrogens is 383 g/mol. The topological polar surface area (TPSA) is 42.0 Å². The quantitative estimate of drug-likeness (QED) is 0.820. The van der Waals surface area contributed by atoms with Crippen LogP contribution in [-0.4, -0.2) is 10.9 Å². The van der Waals surface area contributed by atoms with Gasteiger partial charge in [0.15, 0.2) is 0 Å². The highest BCUT2D eigenvalue weighted by atomic mass is 79.9. The molecule has 1 aromatic heterocycles. The van der Waals surface area contributed by atoms with Crippen LogP contribution in [-0.2, 0) is 0 Å². The third kappa shape index (κ3) is 3.10. The van der Waals surface area contributed by atoms with Crippen molar-refractivity contribution in [3.05, 3.63) is 56.2 Å². The molecule has 0 aliphatic rings. The normalized spacial score (nSPS) is 10.2. The molecule has 2 rings (SSSR count). The molecule has 2 aromatic rings. The lowest BCUT2D eigenvalue weighted by Gasteiger charge is -2.09.